The van der Waals surface area contributed by atoms with Crippen LogP contribution in [0.4, 0.5) is 0 Å². The Balaban J connectivity index is 2.58. The molecule has 0 saturated heterocycles. The van der Waals surface area contributed by atoms with Gasteiger partial charge in [0.1, 0.15) is 6.04 Å². The number of likely N-dealkylation sites (N-methyl/N-ethyl adjacent to an activating group) is 2. The minimum absolute atomic E-state index is 0.0292. The molecule has 1 unspecified atom stereocenters. The minimum Gasteiger partial charge on any atom is -0.344 e. The van der Waals surface area contributed by atoms with Crippen molar-refractivity contribution in [1.29, 1.82) is 0 Å². The molecular formula is C17H27N3O2. The van der Waals surface area contributed by atoms with Crippen LogP contribution in [0, 0.1) is 0 Å². The van der Waals surface area contributed by atoms with Crippen LogP contribution in [-0.4, -0.2) is 49.9 Å². The lowest BCUT2D eigenvalue weighted by Crippen LogP contribution is -2.48. The fraction of sp³-hybridized carbons (Fsp3) is 0.529. The van der Waals surface area contributed by atoms with Gasteiger partial charge in [-0.15, -0.1) is 0 Å². The number of hydrogen-bond donors (Lipinski definition) is 2. The van der Waals surface area contributed by atoms with Gasteiger partial charge in [-0.05, 0) is 19.0 Å². The van der Waals surface area contributed by atoms with Crippen LogP contribution in [-0.2, 0) is 16.0 Å². The zero-order valence-corrected chi connectivity index (χ0v) is 13.8. The Kier molecular flexibility index (Phi) is 8.22. The van der Waals surface area contributed by atoms with E-state index in [4.69, 9.17) is 0 Å². The molecule has 122 valence electrons. The van der Waals surface area contributed by atoms with Gasteiger partial charge in [-0.1, -0.05) is 43.7 Å². The van der Waals surface area contributed by atoms with E-state index in [1.54, 1.807) is 11.9 Å². The third-order valence-electron chi connectivity index (χ3n) is 3.49. The number of carbonyl (C=O) groups excluding carboxylic acids is 2. The lowest BCUT2D eigenvalue weighted by Gasteiger charge is -2.24. The number of hydrogen-bond acceptors (Lipinski definition) is 3. The van der Waals surface area contributed by atoms with Crippen molar-refractivity contribution in [3.63, 3.8) is 0 Å². The summed E-state index contributed by atoms with van der Waals surface area (Å²) >= 11 is 0. The van der Waals surface area contributed by atoms with Crippen LogP contribution in [0.25, 0.3) is 0 Å². The molecule has 2 N–H and O–H groups in total. The molecule has 0 fully saturated rings. The molecule has 1 rings (SSSR count). The van der Waals surface area contributed by atoms with Crippen molar-refractivity contribution >= 4 is 11.8 Å². The van der Waals surface area contributed by atoms with Gasteiger partial charge in [0.15, 0.2) is 0 Å². The quantitative estimate of drug-likeness (QED) is 0.720. The van der Waals surface area contributed by atoms with E-state index >= 15 is 0 Å². The molecule has 1 aromatic carbocycles. The van der Waals surface area contributed by atoms with Gasteiger partial charge in [0.25, 0.3) is 0 Å². The lowest BCUT2D eigenvalue weighted by atomic mass is 10.1. The maximum atomic E-state index is 12.4. The second kappa shape index (κ2) is 9.95. The van der Waals surface area contributed by atoms with E-state index in [1.807, 2.05) is 44.3 Å². The summed E-state index contributed by atoms with van der Waals surface area (Å²) in [7, 11) is 3.62. The number of rotatable bonds is 9. The maximum Gasteiger partial charge on any atom is 0.244 e. The standard InChI is InChI=1S/C17H27N3O2/c1-4-8-15(17(22)20(3)12-11-18-2)19-16(21)13-14-9-6-5-7-10-14/h5-7,9-10,15,18H,4,8,11-13H2,1-3H3,(H,19,21). The Labute approximate surface area is 133 Å². The first-order valence-electron chi connectivity index (χ1n) is 7.81. The summed E-state index contributed by atoms with van der Waals surface area (Å²) in [6.45, 7) is 3.38. The van der Waals surface area contributed by atoms with Gasteiger partial charge >= 0.3 is 0 Å². The SMILES string of the molecule is CCCC(NC(=O)Cc1ccccc1)C(=O)N(C)CCNC. The van der Waals surface area contributed by atoms with Crippen molar-refractivity contribution in [2.45, 2.75) is 32.2 Å². The molecule has 0 heterocycles. The van der Waals surface area contributed by atoms with Gasteiger partial charge in [0.05, 0.1) is 6.42 Å². The van der Waals surface area contributed by atoms with Crippen molar-refractivity contribution in [3.05, 3.63) is 35.9 Å². The number of amides is 2. The highest BCUT2D eigenvalue weighted by atomic mass is 16.2. The van der Waals surface area contributed by atoms with E-state index < -0.39 is 6.04 Å². The second-order valence-electron chi connectivity index (χ2n) is 5.43. The molecule has 22 heavy (non-hydrogen) atoms. The van der Waals surface area contributed by atoms with Gasteiger partial charge in [-0.2, -0.15) is 0 Å². The molecule has 0 aliphatic rings. The average molecular weight is 305 g/mol. The van der Waals surface area contributed by atoms with E-state index in [0.717, 1.165) is 18.5 Å². The van der Waals surface area contributed by atoms with Crippen molar-refractivity contribution in [2.24, 2.45) is 0 Å². The monoisotopic (exact) mass is 305 g/mol. The molecule has 0 aromatic heterocycles. The fourth-order valence-corrected chi connectivity index (χ4v) is 2.23. The Hall–Kier alpha value is -1.88. The Morgan fingerprint density at radius 3 is 2.50 bits per heavy atom. The number of nitrogens with one attached hydrogen (secondary N) is 2. The van der Waals surface area contributed by atoms with Crippen LogP contribution in [0.3, 0.4) is 0 Å². The molecule has 0 aliphatic heterocycles. The molecule has 0 bridgehead atoms. The van der Waals surface area contributed by atoms with E-state index in [0.29, 0.717) is 19.4 Å². The van der Waals surface area contributed by atoms with E-state index in [-0.39, 0.29) is 11.8 Å². The van der Waals surface area contributed by atoms with Crippen molar-refractivity contribution in [2.75, 3.05) is 27.2 Å². The summed E-state index contributed by atoms with van der Waals surface area (Å²) in [6, 6.07) is 9.11. The van der Waals surface area contributed by atoms with Crippen LogP contribution in [0.1, 0.15) is 25.3 Å². The van der Waals surface area contributed by atoms with E-state index in [2.05, 4.69) is 10.6 Å². The Morgan fingerprint density at radius 2 is 1.91 bits per heavy atom. The van der Waals surface area contributed by atoms with E-state index in [1.165, 1.54) is 0 Å². The zero-order chi connectivity index (χ0) is 16.4. The van der Waals surface area contributed by atoms with Crippen LogP contribution < -0.4 is 10.6 Å². The summed E-state index contributed by atoms with van der Waals surface area (Å²) in [6.07, 6.45) is 1.81. The third kappa shape index (κ3) is 6.26. The number of nitrogens with zero attached hydrogens (tertiary/aromatic N) is 1. The van der Waals surface area contributed by atoms with Crippen LogP contribution in [0.2, 0.25) is 0 Å². The molecule has 0 saturated carbocycles. The van der Waals surface area contributed by atoms with E-state index in [9.17, 15) is 9.59 Å². The summed E-state index contributed by atoms with van der Waals surface area (Å²) in [5, 5.41) is 5.89. The summed E-state index contributed by atoms with van der Waals surface area (Å²) in [5.41, 5.74) is 0.950. The summed E-state index contributed by atoms with van der Waals surface area (Å²) in [4.78, 5) is 26.2. The van der Waals surface area contributed by atoms with Gasteiger partial charge in [0, 0.05) is 20.1 Å². The molecular weight excluding hydrogens is 278 g/mol. The Bertz CT molecular complexity index is 462. The molecule has 0 aliphatic carbocycles. The third-order valence-corrected chi connectivity index (χ3v) is 3.49. The molecule has 1 atom stereocenters. The molecule has 1 aromatic rings. The number of carbonyl (C=O) groups is 2. The van der Waals surface area contributed by atoms with Gasteiger partial charge in [0.2, 0.25) is 11.8 Å². The lowest BCUT2D eigenvalue weighted by molar-refractivity contribution is -0.135. The first kappa shape index (κ1) is 18.2. The topological polar surface area (TPSA) is 61.4 Å². The van der Waals surface area contributed by atoms with Crippen molar-refractivity contribution < 1.29 is 9.59 Å². The Morgan fingerprint density at radius 1 is 1.23 bits per heavy atom. The summed E-state index contributed by atoms with van der Waals surface area (Å²) < 4.78 is 0. The first-order chi connectivity index (χ1) is 10.6. The predicted molar refractivity (Wildman–Crippen MR) is 88.5 cm³/mol. The highest BCUT2D eigenvalue weighted by Gasteiger charge is 2.22. The summed E-state index contributed by atoms with van der Waals surface area (Å²) in [5.74, 6) is -0.140. The normalized spacial score (nSPS) is 11.8. The number of benzene rings is 1. The van der Waals surface area contributed by atoms with Crippen molar-refractivity contribution in [3.8, 4) is 0 Å². The van der Waals surface area contributed by atoms with Crippen LogP contribution >= 0.6 is 0 Å². The van der Waals surface area contributed by atoms with Crippen LogP contribution in [0.5, 0.6) is 0 Å². The maximum absolute atomic E-state index is 12.4. The van der Waals surface area contributed by atoms with Crippen molar-refractivity contribution in [1.82, 2.24) is 15.5 Å². The average Bonchev–Trinajstić information content (AvgIpc) is 2.52. The second-order valence-corrected chi connectivity index (χ2v) is 5.43. The molecule has 5 nitrogen and oxygen atoms in total. The molecule has 5 heteroatoms. The fourth-order valence-electron chi connectivity index (χ4n) is 2.23. The van der Waals surface area contributed by atoms with Gasteiger partial charge in [-0.3, -0.25) is 9.59 Å². The highest BCUT2D eigenvalue weighted by molar-refractivity contribution is 5.88. The predicted octanol–water partition coefficient (Wildman–Crippen LogP) is 1.19. The largest absolute Gasteiger partial charge is 0.344 e. The van der Waals surface area contributed by atoms with Crippen LogP contribution in [0.15, 0.2) is 30.3 Å². The van der Waals surface area contributed by atoms with Gasteiger partial charge in [-0.25, -0.2) is 0 Å². The highest BCUT2D eigenvalue weighted by Crippen LogP contribution is 2.04. The van der Waals surface area contributed by atoms with Gasteiger partial charge < -0.3 is 15.5 Å². The molecule has 0 spiro atoms. The molecule has 2 amide bonds. The minimum atomic E-state index is -0.442. The zero-order valence-electron chi connectivity index (χ0n) is 13.8. The first-order valence-corrected chi connectivity index (χ1v) is 7.81. The smallest absolute Gasteiger partial charge is 0.244 e. The molecule has 0 radical (unpaired) electrons.